The number of carbonyl (C=O) groups excluding carboxylic acids is 1. The Morgan fingerprint density at radius 2 is 1.76 bits per heavy atom. The van der Waals surface area contributed by atoms with Gasteiger partial charge in [-0.05, 0) is 62.6 Å². The molecule has 0 N–H and O–H groups in total. The molecule has 0 fully saturated rings. The molecule has 0 unspecified atom stereocenters. The fraction of sp³-hybridized carbons (Fsp3) is 0.320. The zero-order valence-corrected chi connectivity index (χ0v) is 20.6. The number of anilines is 1. The van der Waals surface area contributed by atoms with E-state index >= 15 is 0 Å². The first-order valence-corrected chi connectivity index (χ1v) is 11.3. The summed E-state index contributed by atoms with van der Waals surface area (Å²) in [6.45, 7) is 5.98. The van der Waals surface area contributed by atoms with Gasteiger partial charge in [0, 0.05) is 17.0 Å². The van der Waals surface area contributed by atoms with Crippen molar-refractivity contribution in [1.29, 1.82) is 0 Å². The van der Waals surface area contributed by atoms with E-state index in [0.29, 0.717) is 40.5 Å². The van der Waals surface area contributed by atoms with Crippen LogP contribution in [0.25, 0.3) is 11.1 Å². The number of alkyl halides is 3. The highest BCUT2D eigenvalue weighted by Crippen LogP contribution is 2.43. The summed E-state index contributed by atoms with van der Waals surface area (Å²) in [6.07, 6.45) is -4.19. The zero-order valence-electron chi connectivity index (χ0n) is 18.9. The molecule has 4 rings (SSSR count). The molecule has 1 amide bonds. The second-order valence-electron chi connectivity index (χ2n) is 8.78. The molecule has 0 saturated heterocycles. The smallest absolute Gasteiger partial charge is 0.426 e. The van der Waals surface area contributed by atoms with Gasteiger partial charge in [0.25, 0.3) is 0 Å². The first-order valence-electron chi connectivity index (χ1n) is 10.5. The minimum absolute atomic E-state index is 0. The molecule has 0 spiro atoms. The van der Waals surface area contributed by atoms with Crippen molar-refractivity contribution in [3.63, 3.8) is 0 Å². The van der Waals surface area contributed by atoms with Crippen LogP contribution < -0.4 is 9.64 Å². The Labute approximate surface area is 206 Å². The lowest BCUT2D eigenvalue weighted by molar-refractivity contribution is -0.133. The number of fused-ring (bicyclic) bond motifs is 1. The van der Waals surface area contributed by atoms with Crippen LogP contribution in [0.1, 0.15) is 36.1 Å². The van der Waals surface area contributed by atoms with Gasteiger partial charge in [-0.1, -0.05) is 30.3 Å². The Hall–Kier alpha value is -2.71. The molecule has 1 aliphatic heterocycles. The average Bonchev–Trinajstić information content (AvgIpc) is 3.36. The van der Waals surface area contributed by atoms with Crippen LogP contribution in [0.15, 0.2) is 54.6 Å². The van der Waals surface area contributed by atoms with Crippen molar-refractivity contribution in [3.8, 4) is 16.9 Å². The van der Waals surface area contributed by atoms with Crippen LogP contribution in [0.4, 0.5) is 23.7 Å². The molecule has 0 bridgehead atoms. The predicted octanol–water partition coefficient (Wildman–Crippen LogP) is 7.73. The van der Waals surface area contributed by atoms with Crippen molar-refractivity contribution in [1.82, 2.24) is 0 Å². The number of hydrogen-bond donors (Lipinski definition) is 0. The fourth-order valence-electron chi connectivity index (χ4n) is 3.68. The van der Waals surface area contributed by atoms with E-state index in [1.54, 1.807) is 53.4 Å². The van der Waals surface area contributed by atoms with Crippen molar-refractivity contribution in [3.05, 3.63) is 69.9 Å². The van der Waals surface area contributed by atoms with Crippen LogP contribution in [0.5, 0.6) is 5.75 Å². The van der Waals surface area contributed by atoms with Crippen LogP contribution >= 0.6 is 23.7 Å². The third kappa shape index (κ3) is 5.85. The third-order valence-corrected chi connectivity index (χ3v) is 6.22. The Balaban J connectivity index is 0.00000324. The van der Waals surface area contributed by atoms with Gasteiger partial charge in [-0.25, -0.2) is 4.79 Å². The van der Waals surface area contributed by atoms with Gasteiger partial charge < -0.3 is 9.47 Å². The third-order valence-electron chi connectivity index (χ3n) is 5.07. The summed E-state index contributed by atoms with van der Waals surface area (Å²) in [7, 11) is 0. The maximum atomic E-state index is 13.6. The van der Waals surface area contributed by atoms with Crippen molar-refractivity contribution in [2.24, 2.45) is 0 Å². The number of thiophene rings is 1. The molecule has 0 saturated carbocycles. The van der Waals surface area contributed by atoms with Gasteiger partial charge >= 0.3 is 12.3 Å². The van der Waals surface area contributed by atoms with Gasteiger partial charge in [-0.3, -0.25) is 4.90 Å². The maximum Gasteiger partial charge on any atom is 0.426 e. The minimum atomic E-state index is -4.44. The molecule has 0 atom stereocenters. The average molecular weight is 512 g/mol. The molecule has 0 radical (unpaired) electrons. The molecular weight excluding hydrogens is 487 g/mol. The fourth-order valence-corrected chi connectivity index (χ4v) is 4.64. The number of carbonyl (C=O) groups is 1. The van der Waals surface area contributed by atoms with Gasteiger partial charge in [0.15, 0.2) is 0 Å². The summed E-state index contributed by atoms with van der Waals surface area (Å²) in [5.41, 5.74) is 1.79. The second-order valence-corrected chi connectivity index (χ2v) is 9.92. The van der Waals surface area contributed by atoms with Crippen LogP contribution in [0, 0.1) is 0 Å². The predicted molar refractivity (Wildman–Crippen MR) is 130 cm³/mol. The van der Waals surface area contributed by atoms with E-state index < -0.39 is 22.7 Å². The molecule has 34 heavy (non-hydrogen) atoms. The summed E-state index contributed by atoms with van der Waals surface area (Å²) in [5.74, 6) is 0.544. The maximum absolute atomic E-state index is 13.6. The van der Waals surface area contributed by atoms with E-state index in [4.69, 9.17) is 9.47 Å². The number of ether oxygens (including phenoxy) is 2. The lowest BCUT2D eigenvalue weighted by Gasteiger charge is -2.24. The number of nitrogens with zero attached hydrogens (tertiary/aromatic N) is 1. The van der Waals surface area contributed by atoms with Crippen molar-refractivity contribution >= 4 is 35.5 Å². The number of halogens is 4. The number of rotatable bonds is 4. The zero-order chi connectivity index (χ0) is 23.8. The van der Waals surface area contributed by atoms with E-state index in [0.717, 1.165) is 11.3 Å². The molecule has 2 aromatic carbocycles. The van der Waals surface area contributed by atoms with Crippen molar-refractivity contribution in [2.75, 3.05) is 11.4 Å². The molecule has 1 aliphatic rings. The van der Waals surface area contributed by atoms with Crippen LogP contribution in [-0.2, 0) is 23.9 Å². The van der Waals surface area contributed by atoms with Crippen LogP contribution in [0.3, 0.4) is 0 Å². The first-order chi connectivity index (χ1) is 15.5. The Kier molecular flexibility index (Phi) is 7.53. The molecule has 1 aromatic heterocycles. The molecule has 2 heterocycles. The lowest BCUT2D eigenvalue weighted by Crippen LogP contribution is -2.35. The Morgan fingerprint density at radius 3 is 2.41 bits per heavy atom. The van der Waals surface area contributed by atoms with Crippen LogP contribution in [0.2, 0.25) is 0 Å². The van der Waals surface area contributed by atoms with E-state index in [1.807, 2.05) is 26.8 Å². The first kappa shape index (κ1) is 25.9. The van der Waals surface area contributed by atoms with E-state index in [1.165, 1.54) is 0 Å². The number of amides is 1. The SMILES string of the molecule is CC(C)(C)OC(=O)N1CCc2cc(OCc3cc(-c4ccccc4)c(C(F)(F)F)s3)ccc21.Cl. The summed E-state index contributed by atoms with van der Waals surface area (Å²) in [4.78, 5) is 13.9. The monoisotopic (exact) mass is 511 g/mol. The number of hydrogen-bond acceptors (Lipinski definition) is 4. The molecule has 3 aromatic rings. The molecular formula is C25H25ClF3NO3S. The molecule has 4 nitrogen and oxygen atoms in total. The van der Waals surface area contributed by atoms with E-state index in [-0.39, 0.29) is 24.6 Å². The van der Waals surface area contributed by atoms with E-state index in [9.17, 15) is 18.0 Å². The molecule has 182 valence electrons. The Bertz CT molecular complexity index is 1160. The van der Waals surface area contributed by atoms with Gasteiger partial charge in [0.05, 0.1) is 5.69 Å². The Morgan fingerprint density at radius 1 is 1.06 bits per heavy atom. The second kappa shape index (κ2) is 9.88. The van der Waals surface area contributed by atoms with Crippen molar-refractivity contribution < 1.29 is 27.4 Å². The summed E-state index contributed by atoms with van der Waals surface area (Å²) < 4.78 is 52.1. The topological polar surface area (TPSA) is 38.8 Å². The largest absolute Gasteiger partial charge is 0.488 e. The van der Waals surface area contributed by atoms with Crippen LogP contribution in [-0.4, -0.2) is 18.2 Å². The van der Waals surface area contributed by atoms with Gasteiger partial charge in [0.1, 0.15) is 22.8 Å². The summed E-state index contributed by atoms with van der Waals surface area (Å²) >= 11 is 0.696. The van der Waals surface area contributed by atoms with E-state index in [2.05, 4.69) is 0 Å². The normalized spacial score (nSPS) is 13.3. The highest BCUT2D eigenvalue weighted by molar-refractivity contribution is 7.12. The summed E-state index contributed by atoms with van der Waals surface area (Å²) in [5, 5.41) is 0. The highest BCUT2D eigenvalue weighted by atomic mass is 35.5. The van der Waals surface area contributed by atoms with Gasteiger partial charge in [-0.15, -0.1) is 23.7 Å². The van der Waals surface area contributed by atoms with Gasteiger partial charge in [0.2, 0.25) is 0 Å². The highest BCUT2D eigenvalue weighted by Gasteiger charge is 2.36. The standard InChI is InChI=1S/C25H24F3NO3S.ClH/c1-24(2,3)32-23(30)29-12-11-17-13-18(9-10-21(17)29)31-15-19-14-20(16-7-5-4-6-8-16)22(33-19)25(26,27)28;/h4-10,13-14H,11-12,15H2,1-3H3;1H. The number of benzene rings is 2. The minimum Gasteiger partial charge on any atom is -0.488 e. The molecule has 0 aliphatic carbocycles. The lowest BCUT2D eigenvalue weighted by atomic mass is 10.1. The quantitative estimate of drug-likeness (QED) is 0.359. The van der Waals surface area contributed by atoms with Crippen molar-refractivity contribution in [2.45, 2.75) is 45.6 Å². The molecule has 9 heteroatoms. The van der Waals surface area contributed by atoms with Gasteiger partial charge in [-0.2, -0.15) is 13.2 Å². The summed E-state index contributed by atoms with van der Waals surface area (Å²) in [6, 6.07) is 15.4.